The van der Waals surface area contributed by atoms with E-state index in [9.17, 15) is 9.59 Å². The Hall–Kier alpha value is -2.44. The Labute approximate surface area is 83.1 Å². The van der Waals surface area contributed by atoms with Gasteiger partial charge in [0.05, 0.1) is 5.56 Å². The number of carbonyl (C=O) groups is 2. The van der Waals surface area contributed by atoms with E-state index in [0.717, 1.165) is 0 Å². The number of hydrogen-bond donors (Lipinski definition) is 2. The van der Waals surface area contributed by atoms with Gasteiger partial charge < -0.3 is 10.8 Å². The molecule has 3 N–H and O–H groups in total. The summed E-state index contributed by atoms with van der Waals surface area (Å²) in [4.78, 5) is 25.0. The highest BCUT2D eigenvalue weighted by atomic mass is 16.4. The second-order valence-corrected chi connectivity index (χ2v) is 2.84. The van der Waals surface area contributed by atoms with Crippen LogP contribution >= 0.6 is 0 Å². The Kier molecular flexibility index (Phi) is 1.86. The van der Waals surface area contributed by atoms with Gasteiger partial charge in [0, 0.05) is 12.4 Å². The fourth-order valence-electron chi connectivity index (χ4n) is 1.19. The lowest BCUT2D eigenvalue weighted by atomic mass is 10.3. The molecule has 0 aromatic carbocycles. The van der Waals surface area contributed by atoms with Crippen LogP contribution in [0.1, 0.15) is 20.8 Å². The maximum atomic E-state index is 10.7. The molecule has 0 bridgehead atoms. The molecular weight excluding hydrogens is 200 g/mol. The van der Waals surface area contributed by atoms with Crippen molar-refractivity contribution in [1.82, 2.24) is 14.6 Å². The van der Waals surface area contributed by atoms with Crippen molar-refractivity contribution in [3.05, 3.63) is 23.7 Å². The molecule has 0 spiro atoms. The van der Waals surface area contributed by atoms with Crippen molar-refractivity contribution in [1.29, 1.82) is 0 Å². The predicted octanol–water partition coefficient (Wildman–Crippen LogP) is -0.178. The molecule has 2 heterocycles. The second kappa shape index (κ2) is 3.05. The van der Waals surface area contributed by atoms with Crippen LogP contribution in [0.15, 0.2) is 12.4 Å². The van der Waals surface area contributed by atoms with Gasteiger partial charge in [-0.1, -0.05) is 0 Å². The molecule has 0 saturated heterocycles. The summed E-state index contributed by atoms with van der Waals surface area (Å²) in [6.45, 7) is 0. The Morgan fingerprint density at radius 2 is 2.33 bits per heavy atom. The third kappa shape index (κ3) is 1.30. The minimum Gasteiger partial charge on any atom is -0.476 e. The van der Waals surface area contributed by atoms with Crippen LogP contribution in [0.3, 0.4) is 0 Å². The summed E-state index contributed by atoms with van der Waals surface area (Å²) in [6.07, 6.45) is 3.24. The number of nitrogens with zero attached hydrogens (tertiary/aromatic N) is 3. The fraction of sp³-hybridized carbons (Fsp3) is 0. The van der Waals surface area contributed by atoms with Gasteiger partial charge in [0.15, 0.2) is 17.6 Å². The number of aldehydes is 1. The molecule has 2 rings (SSSR count). The van der Waals surface area contributed by atoms with E-state index in [1.807, 2.05) is 0 Å². The van der Waals surface area contributed by atoms with Crippen LogP contribution in [0, 0.1) is 0 Å². The maximum absolute atomic E-state index is 10.7. The standard InChI is InChI=1S/C8H6N4O3/c9-5-6(8(14)15)11-12-2-4(3-13)1-10-7(5)12/h1-3H,9H2,(H,14,15). The van der Waals surface area contributed by atoms with Crippen molar-refractivity contribution in [2.45, 2.75) is 0 Å². The van der Waals surface area contributed by atoms with Gasteiger partial charge in [0.25, 0.3) is 0 Å². The summed E-state index contributed by atoms with van der Waals surface area (Å²) in [5.41, 5.74) is 5.74. The molecule has 0 atom stereocenters. The number of carboxylic acid groups (broad SMARTS) is 1. The van der Waals surface area contributed by atoms with E-state index < -0.39 is 5.97 Å². The molecule has 0 aliphatic carbocycles. The number of aromatic carboxylic acids is 1. The second-order valence-electron chi connectivity index (χ2n) is 2.84. The summed E-state index contributed by atoms with van der Waals surface area (Å²) in [7, 11) is 0. The van der Waals surface area contributed by atoms with Gasteiger partial charge in [-0.25, -0.2) is 14.3 Å². The first kappa shape index (κ1) is 9.13. The van der Waals surface area contributed by atoms with Gasteiger partial charge in [-0.3, -0.25) is 4.79 Å². The van der Waals surface area contributed by atoms with Gasteiger partial charge in [-0.15, -0.1) is 0 Å². The Morgan fingerprint density at radius 3 is 2.93 bits per heavy atom. The largest absolute Gasteiger partial charge is 0.476 e. The number of aromatic nitrogens is 3. The fourth-order valence-corrected chi connectivity index (χ4v) is 1.19. The van der Waals surface area contributed by atoms with Crippen molar-refractivity contribution in [2.75, 3.05) is 5.73 Å². The zero-order valence-corrected chi connectivity index (χ0v) is 7.41. The Balaban J connectivity index is 2.76. The molecule has 0 radical (unpaired) electrons. The number of carbonyl (C=O) groups excluding carboxylic acids is 1. The molecule has 2 aromatic heterocycles. The topological polar surface area (TPSA) is 111 Å². The first-order valence-corrected chi connectivity index (χ1v) is 3.96. The lowest BCUT2D eigenvalue weighted by Gasteiger charge is -1.92. The van der Waals surface area contributed by atoms with Gasteiger partial charge in [-0.05, 0) is 0 Å². The SMILES string of the molecule is Nc1c(C(=O)O)nn2cc(C=O)cnc12. The Bertz CT molecular complexity index is 560. The average Bonchev–Trinajstić information content (AvgIpc) is 2.55. The Morgan fingerprint density at radius 1 is 1.60 bits per heavy atom. The van der Waals surface area contributed by atoms with Crippen LogP contribution in [0.4, 0.5) is 5.69 Å². The van der Waals surface area contributed by atoms with Crippen molar-refractivity contribution in [2.24, 2.45) is 0 Å². The third-order valence-corrected chi connectivity index (χ3v) is 1.87. The highest BCUT2D eigenvalue weighted by molar-refractivity contribution is 5.95. The van der Waals surface area contributed by atoms with Crippen LogP contribution in [-0.2, 0) is 0 Å². The molecule has 7 nitrogen and oxygen atoms in total. The number of anilines is 1. The molecule has 2 aromatic rings. The molecule has 0 fully saturated rings. The van der Waals surface area contributed by atoms with E-state index in [2.05, 4.69) is 10.1 Å². The highest BCUT2D eigenvalue weighted by Crippen LogP contribution is 2.15. The molecule has 0 unspecified atom stereocenters. The monoisotopic (exact) mass is 206 g/mol. The molecule has 76 valence electrons. The number of carboxylic acids is 1. The summed E-state index contributed by atoms with van der Waals surface area (Å²) < 4.78 is 1.17. The van der Waals surface area contributed by atoms with Crippen LogP contribution in [-0.4, -0.2) is 32.0 Å². The highest BCUT2D eigenvalue weighted by Gasteiger charge is 2.16. The van der Waals surface area contributed by atoms with E-state index >= 15 is 0 Å². The van der Waals surface area contributed by atoms with Crippen molar-refractivity contribution in [3.63, 3.8) is 0 Å². The minimum absolute atomic E-state index is 0.0139. The van der Waals surface area contributed by atoms with Crippen LogP contribution in [0.5, 0.6) is 0 Å². The number of rotatable bonds is 2. The molecule has 0 saturated carbocycles. The van der Waals surface area contributed by atoms with E-state index in [-0.39, 0.29) is 17.0 Å². The molecular formula is C8H6N4O3. The quantitative estimate of drug-likeness (QED) is 0.659. The maximum Gasteiger partial charge on any atom is 0.358 e. The van der Waals surface area contributed by atoms with Crippen molar-refractivity contribution < 1.29 is 14.7 Å². The van der Waals surface area contributed by atoms with Gasteiger partial charge in [-0.2, -0.15) is 5.10 Å². The number of nitrogen functional groups attached to an aromatic ring is 1. The number of nitrogens with two attached hydrogens (primary N) is 1. The van der Waals surface area contributed by atoms with Gasteiger partial charge in [0.2, 0.25) is 0 Å². The summed E-state index contributed by atoms with van der Waals surface area (Å²) in [5.74, 6) is -1.23. The molecule has 7 heteroatoms. The molecule has 15 heavy (non-hydrogen) atoms. The third-order valence-electron chi connectivity index (χ3n) is 1.87. The van der Waals surface area contributed by atoms with Crippen LogP contribution in [0.2, 0.25) is 0 Å². The van der Waals surface area contributed by atoms with E-state index in [4.69, 9.17) is 10.8 Å². The number of fused-ring (bicyclic) bond motifs is 1. The summed E-state index contributed by atoms with van der Waals surface area (Å²) in [5, 5.41) is 12.4. The van der Waals surface area contributed by atoms with E-state index in [1.165, 1.54) is 16.9 Å². The average molecular weight is 206 g/mol. The van der Waals surface area contributed by atoms with Crippen molar-refractivity contribution >= 4 is 23.6 Å². The molecule has 0 amide bonds. The first-order valence-electron chi connectivity index (χ1n) is 3.96. The van der Waals surface area contributed by atoms with Gasteiger partial charge >= 0.3 is 5.97 Å². The first-order chi connectivity index (χ1) is 7.13. The predicted molar refractivity (Wildman–Crippen MR) is 49.7 cm³/mol. The molecule has 0 aliphatic heterocycles. The number of hydrogen-bond acceptors (Lipinski definition) is 5. The smallest absolute Gasteiger partial charge is 0.358 e. The van der Waals surface area contributed by atoms with Crippen LogP contribution < -0.4 is 5.73 Å². The lowest BCUT2D eigenvalue weighted by molar-refractivity contribution is 0.0691. The molecule has 0 aliphatic rings. The van der Waals surface area contributed by atoms with Gasteiger partial charge in [0.1, 0.15) is 5.69 Å². The zero-order chi connectivity index (χ0) is 11.0. The minimum atomic E-state index is -1.23. The van der Waals surface area contributed by atoms with E-state index in [1.54, 1.807) is 0 Å². The van der Waals surface area contributed by atoms with Crippen LogP contribution in [0.25, 0.3) is 5.65 Å². The summed E-state index contributed by atoms with van der Waals surface area (Å²) >= 11 is 0. The van der Waals surface area contributed by atoms with E-state index in [0.29, 0.717) is 11.8 Å². The summed E-state index contributed by atoms with van der Waals surface area (Å²) in [6, 6.07) is 0. The zero-order valence-electron chi connectivity index (χ0n) is 7.41. The normalized spacial score (nSPS) is 10.4. The van der Waals surface area contributed by atoms with Crippen molar-refractivity contribution in [3.8, 4) is 0 Å². The lowest BCUT2D eigenvalue weighted by Crippen LogP contribution is -2.01.